The summed E-state index contributed by atoms with van der Waals surface area (Å²) in [6.45, 7) is 12.6. The van der Waals surface area contributed by atoms with Crippen molar-refractivity contribution in [1.29, 1.82) is 0 Å². The average Bonchev–Trinajstić information content (AvgIpc) is 2.35. The van der Waals surface area contributed by atoms with Gasteiger partial charge in [-0.25, -0.2) is 4.98 Å². The van der Waals surface area contributed by atoms with Gasteiger partial charge in [0.15, 0.2) is 5.11 Å². The molecule has 122 valence electrons. The fourth-order valence-corrected chi connectivity index (χ4v) is 3.04. The average molecular weight is 321 g/mol. The molecule has 0 bridgehead atoms. The number of anilines is 2. The van der Waals surface area contributed by atoms with Crippen LogP contribution in [-0.2, 0) is 0 Å². The third-order valence-corrected chi connectivity index (χ3v) is 3.74. The zero-order valence-corrected chi connectivity index (χ0v) is 15.0. The highest BCUT2D eigenvalue weighted by atomic mass is 32.1. The van der Waals surface area contributed by atoms with Gasteiger partial charge in [-0.05, 0) is 58.7 Å². The van der Waals surface area contributed by atoms with Crippen molar-refractivity contribution >= 4 is 29.1 Å². The Kier molecular flexibility index (Phi) is 5.21. The van der Waals surface area contributed by atoms with Crippen molar-refractivity contribution in [2.24, 2.45) is 5.92 Å². The van der Waals surface area contributed by atoms with Gasteiger partial charge < -0.3 is 15.5 Å². The summed E-state index contributed by atoms with van der Waals surface area (Å²) >= 11 is 5.33. The monoisotopic (exact) mass is 321 g/mol. The highest BCUT2D eigenvalue weighted by Gasteiger charge is 2.19. The fraction of sp³-hybridized carbons (Fsp3) is 0.688. The first-order valence-corrected chi connectivity index (χ1v) is 8.33. The van der Waals surface area contributed by atoms with Crippen molar-refractivity contribution in [2.45, 2.75) is 53.0 Å². The molecule has 2 heterocycles. The molecule has 0 aromatic carbocycles. The predicted octanol–water partition coefficient (Wildman–Crippen LogP) is 3.11. The van der Waals surface area contributed by atoms with Crippen molar-refractivity contribution in [3.8, 4) is 0 Å². The van der Waals surface area contributed by atoms with E-state index in [1.807, 2.05) is 13.0 Å². The summed E-state index contributed by atoms with van der Waals surface area (Å²) in [7, 11) is 0. The molecule has 1 aliphatic heterocycles. The molecule has 0 amide bonds. The van der Waals surface area contributed by atoms with Crippen molar-refractivity contribution in [1.82, 2.24) is 15.3 Å². The summed E-state index contributed by atoms with van der Waals surface area (Å²) in [5.74, 6) is 2.26. The van der Waals surface area contributed by atoms with E-state index < -0.39 is 0 Å². The van der Waals surface area contributed by atoms with Crippen LogP contribution in [0.1, 0.15) is 46.2 Å². The number of hydrogen-bond acceptors (Lipinski definition) is 4. The number of nitrogens with zero attached hydrogens (tertiary/aromatic N) is 3. The summed E-state index contributed by atoms with van der Waals surface area (Å²) in [6.07, 6.45) is 2.52. The van der Waals surface area contributed by atoms with E-state index in [1.54, 1.807) is 0 Å². The van der Waals surface area contributed by atoms with Gasteiger partial charge in [0.1, 0.15) is 5.82 Å². The van der Waals surface area contributed by atoms with Crippen LogP contribution in [0, 0.1) is 12.8 Å². The first kappa shape index (κ1) is 16.9. The van der Waals surface area contributed by atoms with Crippen molar-refractivity contribution < 1.29 is 0 Å². The molecule has 1 aromatic rings. The minimum atomic E-state index is -0.0843. The lowest BCUT2D eigenvalue weighted by Gasteiger charge is -2.32. The molecule has 22 heavy (non-hydrogen) atoms. The van der Waals surface area contributed by atoms with E-state index in [0.717, 1.165) is 24.6 Å². The standard InChI is InChI=1S/C16H27N5S/c1-11-7-6-8-21(10-11)13-9-12(2)17-14(18-13)19-15(22)20-16(3,4)5/h9,11H,6-8,10H2,1-5H3,(H2,17,18,19,20,22). The normalized spacial score (nSPS) is 19.0. The van der Waals surface area contributed by atoms with E-state index >= 15 is 0 Å². The molecule has 0 radical (unpaired) electrons. The molecule has 1 atom stereocenters. The topological polar surface area (TPSA) is 53.1 Å². The van der Waals surface area contributed by atoms with Crippen LogP contribution in [0.3, 0.4) is 0 Å². The second-order valence-corrected chi connectivity index (χ2v) is 7.62. The molecule has 2 N–H and O–H groups in total. The van der Waals surface area contributed by atoms with Gasteiger partial charge in [0.25, 0.3) is 0 Å². The van der Waals surface area contributed by atoms with Crippen LogP contribution in [0.15, 0.2) is 6.07 Å². The highest BCUT2D eigenvalue weighted by molar-refractivity contribution is 7.80. The van der Waals surface area contributed by atoms with Crippen LogP contribution in [-0.4, -0.2) is 33.7 Å². The molecule has 0 spiro atoms. The molecule has 6 heteroatoms. The van der Waals surface area contributed by atoms with E-state index in [1.165, 1.54) is 12.8 Å². The zero-order valence-electron chi connectivity index (χ0n) is 14.2. The second kappa shape index (κ2) is 6.77. The molecular formula is C16H27N5S. The molecule has 1 aromatic heterocycles. The van der Waals surface area contributed by atoms with Crippen LogP contribution in [0.2, 0.25) is 0 Å². The summed E-state index contributed by atoms with van der Waals surface area (Å²) in [4.78, 5) is 11.4. The third kappa shape index (κ3) is 5.09. The molecule has 2 rings (SSSR count). The summed E-state index contributed by atoms with van der Waals surface area (Å²) < 4.78 is 0. The maximum Gasteiger partial charge on any atom is 0.231 e. The first-order chi connectivity index (χ1) is 10.2. The van der Waals surface area contributed by atoms with Crippen LogP contribution in [0.5, 0.6) is 0 Å². The Morgan fingerprint density at radius 3 is 2.73 bits per heavy atom. The van der Waals surface area contributed by atoms with E-state index in [2.05, 4.69) is 53.2 Å². The Bertz CT molecular complexity index is 538. The highest BCUT2D eigenvalue weighted by Crippen LogP contribution is 2.22. The van der Waals surface area contributed by atoms with Gasteiger partial charge in [-0.1, -0.05) is 6.92 Å². The minimum absolute atomic E-state index is 0.0843. The quantitative estimate of drug-likeness (QED) is 0.816. The van der Waals surface area contributed by atoms with Gasteiger partial charge in [-0.15, -0.1) is 0 Å². The molecule has 1 fully saturated rings. The van der Waals surface area contributed by atoms with Crippen molar-refractivity contribution in [3.05, 3.63) is 11.8 Å². The largest absolute Gasteiger partial charge is 0.358 e. The lowest BCUT2D eigenvalue weighted by Crippen LogP contribution is -2.43. The molecule has 1 saturated heterocycles. The Balaban J connectivity index is 2.11. The number of piperidine rings is 1. The fourth-order valence-electron chi connectivity index (χ4n) is 2.64. The van der Waals surface area contributed by atoms with Crippen LogP contribution >= 0.6 is 12.2 Å². The van der Waals surface area contributed by atoms with Gasteiger partial charge in [0, 0.05) is 30.4 Å². The zero-order chi connectivity index (χ0) is 16.3. The number of aromatic nitrogens is 2. The predicted molar refractivity (Wildman–Crippen MR) is 96.5 cm³/mol. The Morgan fingerprint density at radius 2 is 2.09 bits per heavy atom. The maximum atomic E-state index is 5.33. The number of thiocarbonyl (C=S) groups is 1. The van der Waals surface area contributed by atoms with Gasteiger partial charge in [-0.3, -0.25) is 0 Å². The minimum Gasteiger partial charge on any atom is -0.358 e. The Hall–Kier alpha value is -1.43. The van der Waals surface area contributed by atoms with E-state index in [-0.39, 0.29) is 5.54 Å². The maximum absolute atomic E-state index is 5.33. The van der Waals surface area contributed by atoms with Crippen LogP contribution in [0.4, 0.5) is 11.8 Å². The van der Waals surface area contributed by atoms with Gasteiger partial charge >= 0.3 is 0 Å². The van der Waals surface area contributed by atoms with Crippen molar-refractivity contribution in [3.63, 3.8) is 0 Å². The smallest absolute Gasteiger partial charge is 0.231 e. The van der Waals surface area contributed by atoms with E-state index in [9.17, 15) is 0 Å². The first-order valence-electron chi connectivity index (χ1n) is 7.93. The number of aryl methyl sites for hydroxylation is 1. The molecule has 5 nitrogen and oxygen atoms in total. The van der Waals surface area contributed by atoms with E-state index in [4.69, 9.17) is 12.2 Å². The van der Waals surface area contributed by atoms with E-state index in [0.29, 0.717) is 17.0 Å². The van der Waals surface area contributed by atoms with Crippen LogP contribution < -0.4 is 15.5 Å². The number of rotatable bonds is 2. The van der Waals surface area contributed by atoms with Gasteiger partial charge in [0.2, 0.25) is 5.95 Å². The molecule has 0 aliphatic carbocycles. The number of hydrogen-bond donors (Lipinski definition) is 2. The third-order valence-electron chi connectivity index (χ3n) is 3.54. The summed E-state index contributed by atoms with van der Waals surface area (Å²) in [6, 6.07) is 2.05. The second-order valence-electron chi connectivity index (χ2n) is 7.21. The number of nitrogens with one attached hydrogen (secondary N) is 2. The summed E-state index contributed by atoms with van der Waals surface area (Å²) in [5, 5.41) is 6.87. The van der Waals surface area contributed by atoms with Gasteiger partial charge in [0.05, 0.1) is 0 Å². The Morgan fingerprint density at radius 1 is 1.36 bits per heavy atom. The Labute approximate surface area is 138 Å². The molecular weight excluding hydrogens is 294 g/mol. The lowest BCUT2D eigenvalue weighted by atomic mass is 10.0. The molecule has 1 aliphatic rings. The molecule has 1 unspecified atom stereocenters. The molecule has 0 saturated carbocycles. The summed E-state index contributed by atoms with van der Waals surface area (Å²) in [5.41, 5.74) is 0.864. The lowest BCUT2D eigenvalue weighted by molar-refractivity contribution is 0.444. The SMILES string of the molecule is Cc1cc(N2CCCC(C)C2)nc(NC(=S)NC(C)(C)C)n1. The van der Waals surface area contributed by atoms with Crippen molar-refractivity contribution in [2.75, 3.05) is 23.3 Å². The van der Waals surface area contributed by atoms with Crippen LogP contribution in [0.25, 0.3) is 0 Å². The van der Waals surface area contributed by atoms with Gasteiger partial charge in [-0.2, -0.15) is 4.98 Å².